The molecule has 2 aromatic rings. The third-order valence-corrected chi connectivity index (χ3v) is 8.25. The highest BCUT2D eigenvalue weighted by Gasteiger charge is 2.37. The second kappa shape index (κ2) is 11.1. The van der Waals surface area contributed by atoms with Crippen molar-refractivity contribution in [2.75, 3.05) is 13.2 Å². The number of hydrogen-bond acceptors (Lipinski definition) is 5. The first-order chi connectivity index (χ1) is 18.0. The van der Waals surface area contributed by atoms with E-state index in [9.17, 15) is 14.9 Å². The summed E-state index contributed by atoms with van der Waals surface area (Å²) in [6.07, 6.45) is 7.36. The Morgan fingerprint density at radius 2 is 1.86 bits per heavy atom. The van der Waals surface area contributed by atoms with Gasteiger partial charge in [0.25, 0.3) is 5.91 Å². The second-order valence-corrected chi connectivity index (χ2v) is 11.3. The number of Topliss-reactive ketones (excluding diaryl/α,β-unsaturated/α-hetero) is 1. The van der Waals surface area contributed by atoms with Crippen molar-refractivity contribution in [3.05, 3.63) is 65.2 Å². The van der Waals surface area contributed by atoms with E-state index in [0.29, 0.717) is 42.2 Å². The van der Waals surface area contributed by atoms with Crippen molar-refractivity contribution in [1.82, 2.24) is 10.6 Å². The molecule has 0 aliphatic heterocycles. The van der Waals surface area contributed by atoms with Crippen LogP contribution in [0.4, 0.5) is 0 Å². The van der Waals surface area contributed by atoms with Crippen LogP contribution in [-0.2, 0) is 16.6 Å². The van der Waals surface area contributed by atoms with E-state index in [-0.39, 0.29) is 18.2 Å². The Morgan fingerprint density at radius 3 is 2.51 bits per heavy atom. The number of carbonyl (C=O) groups is 2. The third-order valence-electron chi connectivity index (χ3n) is 8.25. The number of amides is 1. The Bertz CT molecular complexity index is 1160. The predicted molar refractivity (Wildman–Crippen MR) is 142 cm³/mol. The summed E-state index contributed by atoms with van der Waals surface area (Å²) >= 11 is 0. The number of carbonyl (C=O) groups excluding carboxylic acids is 2. The van der Waals surface area contributed by atoms with Gasteiger partial charge in [-0.3, -0.25) is 9.59 Å². The summed E-state index contributed by atoms with van der Waals surface area (Å²) in [6.45, 7) is 3.08. The minimum absolute atomic E-state index is 0.0243. The molecule has 6 nitrogen and oxygen atoms in total. The van der Waals surface area contributed by atoms with Crippen LogP contribution in [-0.4, -0.2) is 36.9 Å². The lowest BCUT2D eigenvalue weighted by Crippen LogP contribution is -2.46. The third kappa shape index (κ3) is 6.40. The van der Waals surface area contributed by atoms with Crippen molar-refractivity contribution in [3.63, 3.8) is 0 Å². The van der Waals surface area contributed by atoms with Crippen LogP contribution in [0.2, 0.25) is 0 Å². The number of ether oxygens (including phenoxy) is 1. The largest absolute Gasteiger partial charge is 0.493 e. The second-order valence-electron chi connectivity index (χ2n) is 11.3. The van der Waals surface area contributed by atoms with Gasteiger partial charge in [0.05, 0.1) is 30.7 Å². The minimum Gasteiger partial charge on any atom is -0.493 e. The minimum atomic E-state index is -0.641. The van der Waals surface area contributed by atoms with Crippen LogP contribution in [0.5, 0.6) is 5.75 Å². The molecule has 37 heavy (non-hydrogen) atoms. The van der Waals surface area contributed by atoms with Crippen molar-refractivity contribution >= 4 is 11.7 Å². The molecule has 194 valence electrons. The smallest absolute Gasteiger partial charge is 0.252 e. The lowest BCUT2D eigenvalue weighted by atomic mass is 9.79. The molecule has 3 aliphatic rings. The number of benzene rings is 2. The van der Waals surface area contributed by atoms with Gasteiger partial charge in [0.2, 0.25) is 0 Å². The molecule has 6 heteroatoms. The molecule has 2 N–H and O–H groups in total. The van der Waals surface area contributed by atoms with Crippen LogP contribution in [0.1, 0.15) is 73.4 Å². The van der Waals surface area contributed by atoms with Gasteiger partial charge in [0.15, 0.2) is 5.78 Å². The number of ketones is 1. The van der Waals surface area contributed by atoms with E-state index < -0.39 is 11.5 Å². The Balaban J connectivity index is 1.38. The average molecular weight is 500 g/mol. The summed E-state index contributed by atoms with van der Waals surface area (Å²) < 4.78 is 6.13. The number of nitrogens with zero attached hydrogens (tertiary/aromatic N) is 1. The van der Waals surface area contributed by atoms with E-state index in [1.54, 1.807) is 6.07 Å². The van der Waals surface area contributed by atoms with Crippen molar-refractivity contribution in [3.8, 4) is 11.8 Å². The highest BCUT2D eigenvalue weighted by atomic mass is 16.5. The number of rotatable bonds is 12. The van der Waals surface area contributed by atoms with Gasteiger partial charge in [-0.2, -0.15) is 5.26 Å². The van der Waals surface area contributed by atoms with Crippen molar-refractivity contribution in [1.29, 1.82) is 5.26 Å². The fraction of sp³-hybridized carbons (Fsp3) is 0.516. The van der Waals surface area contributed by atoms with E-state index in [2.05, 4.69) is 23.6 Å². The number of nitriles is 1. The van der Waals surface area contributed by atoms with E-state index in [1.165, 1.54) is 0 Å². The first-order valence-electron chi connectivity index (χ1n) is 13.8. The average Bonchev–Trinajstić information content (AvgIpc) is 3.83. The summed E-state index contributed by atoms with van der Waals surface area (Å²) in [5.74, 6) is 1.51. The molecular weight excluding hydrogens is 462 g/mol. The van der Waals surface area contributed by atoms with Gasteiger partial charge in [-0.05, 0) is 79.7 Å². The van der Waals surface area contributed by atoms with Gasteiger partial charge in [-0.25, -0.2) is 0 Å². The normalized spacial score (nSPS) is 22.6. The van der Waals surface area contributed by atoms with Crippen LogP contribution in [0.15, 0.2) is 48.5 Å². The SMILES string of the molecule is CC1CC1COc1cc(C(=O)NC(Cc2ccccc2)C(=O)CNC2CC2)cc(C2(C#N)CCCC2)c1. The molecule has 3 saturated carbocycles. The predicted octanol–water partition coefficient (Wildman–Crippen LogP) is 4.72. The maximum absolute atomic E-state index is 13.6. The molecule has 3 atom stereocenters. The number of nitrogens with one attached hydrogen (secondary N) is 2. The summed E-state index contributed by atoms with van der Waals surface area (Å²) in [5, 5.41) is 16.4. The topological polar surface area (TPSA) is 91.2 Å². The fourth-order valence-corrected chi connectivity index (χ4v) is 5.36. The maximum atomic E-state index is 13.6. The highest BCUT2D eigenvalue weighted by Crippen LogP contribution is 2.43. The summed E-state index contributed by atoms with van der Waals surface area (Å²) in [4.78, 5) is 26.7. The van der Waals surface area contributed by atoms with Gasteiger partial charge in [-0.1, -0.05) is 50.1 Å². The van der Waals surface area contributed by atoms with Crippen molar-refractivity contribution in [2.45, 2.75) is 75.8 Å². The molecule has 1 amide bonds. The Hall–Kier alpha value is -3.17. The van der Waals surface area contributed by atoms with Gasteiger partial charge in [0.1, 0.15) is 5.75 Å². The highest BCUT2D eigenvalue weighted by molar-refractivity contribution is 5.99. The van der Waals surface area contributed by atoms with Crippen LogP contribution >= 0.6 is 0 Å². The van der Waals surface area contributed by atoms with Gasteiger partial charge < -0.3 is 15.4 Å². The van der Waals surface area contributed by atoms with Gasteiger partial charge in [-0.15, -0.1) is 0 Å². The molecule has 0 saturated heterocycles. The molecule has 5 rings (SSSR count). The monoisotopic (exact) mass is 499 g/mol. The van der Waals surface area contributed by atoms with E-state index >= 15 is 0 Å². The van der Waals surface area contributed by atoms with Crippen LogP contribution < -0.4 is 15.4 Å². The lowest BCUT2D eigenvalue weighted by Gasteiger charge is -2.23. The molecule has 0 heterocycles. The number of hydrogen-bond donors (Lipinski definition) is 2. The lowest BCUT2D eigenvalue weighted by molar-refractivity contribution is -0.120. The van der Waals surface area contributed by atoms with Gasteiger partial charge >= 0.3 is 0 Å². The van der Waals surface area contributed by atoms with Crippen molar-refractivity contribution < 1.29 is 14.3 Å². The molecule has 3 aliphatic carbocycles. The van der Waals surface area contributed by atoms with E-state index in [1.807, 2.05) is 42.5 Å². The molecular formula is C31H37N3O3. The van der Waals surface area contributed by atoms with Crippen LogP contribution in [0.3, 0.4) is 0 Å². The Kier molecular flexibility index (Phi) is 7.62. The zero-order valence-corrected chi connectivity index (χ0v) is 21.7. The van der Waals surface area contributed by atoms with E-state index in [4.69, 9.17) is 4.74 Å². The summed E-state index contributed by atoms with van der Waals surface area (Å²) in [6, 6.07) is 17.6. The first kappa shape index (κ1) is 25.5. The molecule has 3 unspecified atom stereocenters. The zero-order valence-electron chi connectivity index (χ0n) is 21.7. The molecule has 0 bridgehead atoms. The molecule has 0 spiro atoms. The van der Waals surface area contributed by atoms with Crippen LogP contribution in [0, 0.1) is 23.2 Å². The molecule has 0 radical (unpaired) electrons. The van der Waals surface area contributed by atoms with Crippen molar-refractivity contribution in [2.24, 2.45) is 11.8 Å². The molecule has 2 aromatic carbocycles. The van der Waals surface area contributed by atoms with Crippen LogP contribution in [0.25, 0.3) is 0 Å². The summed E-state index contributed by atoms with van der Waals surface area (Å²) in [5.41, 5.74) is 1.70. The molecule has 3 fully saturated rings. The standard InChI is InChI=1S/C31H37N3O3/c1-21-13-24(21)19-37-27-16-23(15-25(17-27)31(20-32)11-5-6-12-31)30(36)34-28(14-22-7-3-2-4-8-22)29(35)18-33-26-9-10-26/h2-4,7-8,15-17,21,24,26,28,33H,5-6,9-14,18-19H2,1H3,(H,34,36). The van der Waals surface area contributed by atoms with E-state index in [0.717, 1.165) is 56.1 Å². The Morgan fingerprint density at radius 1 is 1.14 bits per heavy atom. The van der Waals surface area contributed by atoms with Gasteiger partial charge in [0, 0.05) is 11.6 Å². The first-order valence-corrected chi connectivity index (χ1v) is 13.8. The fourth-order valence-electron chi connectivity index (χ4n) is 5.36. The maximum Gasteiger partial charge on any atom is 0.252 e. The molecule has 0 aromatic heterocycles. The summed E-state index contributed by atoms with van der Waals surface area (Å²) in [7, 11) is 0. The Labute approximate surface area is 219 Å². The zero-order chi connectivity index (χ0) is 25.8. The quantitative estimate of drug-likeness (QED) is 0.441.